The third-order valence-corrected chi connectivity index (χ3v) is 24.8. The van der Waals surface area contributed by atoms with Crippen molar-refractivity contribution >= 4 is 129 Å². The lowest BCUT2D eigenvalue weighted by Gasteiger charge is -2.21. The molecule has 0 fully saturated rings. The number of fused-ring (bicyclic) bond motifs is 12. The number of rotatable bonds is 9. The molecule has 0 aromatic heterocycles. The molecule has 0 aliphatic rings. The molecule has 0 atom stereocenters. The molecule has 558 valence electrons. The van der Waals surface area contributed by atoms with Crippen LogP contribution in [0.15, 0.2) is 473 Å². The lowest BCUT2D eigenvalue weighted by molar-refractivity contribution is 1.63. The highest BCUT2D eigenvalue weighted by molar-refractivity contribution is 6.30. The molecule has 0 saturated heterocycles. The topological polar surface area (TPSA) is 0 Å². The van der Waals surface area contributed by atoms with Crippen molar-refractivity contribution in [1.82, 2.24) is 0 Å². The Kier molecular flexibility index (Phi) is 18.1. The maximum atomic E-state index is 2.36. The molecule has 0 spiro atoms. The van der Waals surface area contributed by atoms with Gasteiger partial charge in [-0.25, -0.2) is 0 Å². The van der Waals surface area contributed by atoms with Gasteiger partial charge in [0, 0.05) is 0 Å². The Labute approximate surface area is 697 Å². The van der Waals surface area contributed by atoms with Crippen LogP contribution in [0.2, 0.25) is 0 Å². The van der Waals surface area contributed by atoms with Crippen molar-refractivity contribution in [2.45, 2.75) is 0 Å². The third-order valence-electron chi connectivity index (χ3n) is 24.8. The van der Waals surface area contributed by atoms with E-state index >= 15 is 0 Å². The Hall–Kier alpha value is -15.6. The molecule has 0 saturated carbocycles. The summed E-state index contributed by atoms with van der Waals surface area (Å²) in [5.41, 5.74) is 22.9. The molecule has 24 rings (SSSR count). The van der Waals surface area contributed by atoms with Gasteiger partial charge in [0.05, 0.1) is 0 Å². The molecule has 24 aromatic carbocycles. The van der Waals surface area contributed by atoms with Crippen LogP contribution in [0.4, 0.5) is 0 Å². The Bertz CT molecular complexity index is 7920. The lowest BCUT2D eigenvalue weighted by atomic mass is 9.81. The standard InChI is InChI=1S/3C40H26/c1-2-13-28(14-3-1)32-26-25-29-16-5-7-19-31(29)39(32)40-36-22-10-8-20-34(36)38(35-21-9-11-23-37(35)40)33-24-12-17-27-15-4-6-18-30(27)33;1-2-12-27(13-3-1)29-24-25-32-30(26-29)16-11-23-34(32)40-37-20-8-6-18-35(37)39(36-19-7-9-21-38(36)40)33-22-10-15-28-14-4-5-17-31(28)33;1-2-12-27(13-3-1)30-25-24-29-16-11-23-37(38(29)26-30)40-35-20-8-6-18-33(35)39(34-19-7-9-21-36(34)40)32-22-10-15-28-14-4-5-17-31(28)32/h3*1-26H. The largest absolute Gasteiger partial charge is 0.0622 e. The van der Waals surface area contributed by atoms with E-state index in [1.54, 1.807) is 0 Å². The monoisotopic (exact) mass is 1520 g/mol. The predicted molar refractivity (Wildman–Crippen MR) is 518 cm³/mol. The summed E-state index contributed by atoms with van der Waals surface area (Å²) >= 11 is 0. The van der Waals surface area contributed by atoms with E-state index in [2.05, 4.69) is 473 Å². The smallest absolute Gasteiger partial charge is 0.00139 e. The van der Waals surface area contributed by atoms with Gasteiger partial charge in [0.15, 0.2) is 0 Å². The highest BCUT2D eigenvalue weighted by atomic mass is 14.3. The molecule has 0 heteroatoms. The highest BCUT2D eigenvalue weighted by Crippen LogP contribution is 2.53. The van der Waals surface area contributed by atoms with Gasteiger partial charge in [-0.15, -0.1) is 0 Å². The predicted octanol–water partition coefficient (Wildman–Crippen LogP) is 33.9. The average Bonchev–Trinajstić information content (AvgIpc) is 0.721. The van der Waals surface area contributed by atoms with Crippen molar-refractivity contribution < 1.29 is 0 Å². The summed E-state index contributed by atoms with van der Waals surface area (Å²) in [6.45, 7) is 0. The van der Waals surface area contributed by atoms with Crippen LogP contribution in [-0.2, 0) is 0 Å². The molecule has 24 aromatic rings. The first kappa shape index (κ1) is 71.0. The van der Waals surface area contributed by atoms with Crippen LogP contribution < -0.4 is 0 Å². The van der Waals surface area contributed by atoms with Gasteiger partial charge in [-0.2, -0.15) is 0 Å². The summed E-state index contributed by atoms with van der Waals surface area (Å²) in [4.78, 5) is 0. The number of hydrogen-bond donors (Lipinski definition) is 0. The highest BCUT2D eigenvalue weighted by Gasteiger charge is 2.25. The number of benzene rings is 24. The van der Waals surface area contributed by atoms with Gasteiger partial charge in [0.1, 0.15) is 0 Å². The third kappa shape index (κ3) is 12.4. The molecule has 0 aliphatic carbocycles. The minimum absolute atomic E-state index is 1.23. The molecular formula is C120H78. The van der Waals surface area contributed by atoms with Crippen LogP contribution in [0.5, 0.6) is 0 Å². The van der Waals surface area contributed by atoms with E-state index in [9.17, 15) is 0 Å². The quantitative estimate of drug-likeness (QED) is 0.126. The van der Waals surface area contributed by atoms with Gasteiger partial charge in [0.25, 0.3) is 0 Å². The van der Waals surface area contributed by atoms with Crippen LogP contribution in [0, 0.1) is 0 Å². The summed E-state index contributed by atoms with van der Waals surface area (Å²) in [5.74, 6) is 0. The van der Waals surface area contributed by atoms with Gasteiger partial charge < -0.3 is 0 Å². The second kappa shape index (κ2) is 30.5. The Morgan fingerprint density at radius 2 is 0.308 bits per heavy atom. The summed E-state index contributed by atoms with van der Waals surface area (Å²) < 4.78 is 0. The number of hydrogen-bond acceptors (Lipinski definition) is 0. The fourth-order valence-corrected chi connectivity index (χ4v) is 19.4. The Morgan fingerprint density at radius 1 is 0.0833 bits per heavy atom. The summed E-state index contributed by atoms with van der Waals surface area (Å²) in [6, 6.07) is 173. The fourth-order valence-electron chi connectivity index (χ4n) is 19.4. The van der Waals surface area contributed by atoms with E-state index in [1.807, 2.05) is 0 Å². The zero-order valence-electron chi connectivity index (χ0n) is 66.0. The molecule has 0 heterocycles. The van der Waals surface area contributed by atoms with Crippen LogP contribution in [-0.4, -0.2) is 0 Å². The van der Waals surface area contributed by atoms with Crippen molar-refractivity contribution in [1.29, 1.82) is 0 Å². The van der Waals surface area contributed by atoms with Crippen LogP contribution in [0.1, 0.15) is 0 Å². The maximum absolute atomic E-state index is 2.36. The van der Waals surface area contributed by atoms with Gasteiger partial charge in [-0.3, -0.25) is 0 Å². The van der Waals surface area contributed by atoms with Crippen molar-refractivity contribution in [3.63, 3.8) is 0 Å². The zero-order valence-corrected chi connectivity index (χ0v) is 66.0. The van der Waals surface area contributed by atoms with Gasteiger partial charge in [0.2, 0.25) is 0 Å². The van der Waals surface area contributed by atoms with E-state index in [4.69, 9.17) is 0 Å². The van der Waals surface area contributed by atoms with E-state index in [0.717, 1.165) is 0 Å². The minimum atomic E-state index is 1.23. The fraction of sp³-hybridized carbons (Fsp3) is 0. The van der Waals surface area contributed by atoms with Crippen molar-refractivity contribution in [3.8, 4) is 100 Å². The second-order valence-corrected chi connectivity index (χ2v) is 31.4. The van der Waals surface area contributed by atoms with Crippen molar-refractivity contribution in [2.75, 3.05) is 0 Å². The first-order valence-electron chi connectivity index (χ1n) is 41.6. The van der Waals surface area contributed by atoms with Crippen LogP contribution >= 0.6 is 0 Å². The second-order valence-electron chi connectivity index (χ2n) is 31.4. The average molecular weight is 1520 g/mol. The summed E-state index contributed by atoms with van der Waals surface area (Å²) in [7, 11) is 0. The molecule has 0 aliphatic heterocycles. The Balaban J connectivity index is 0.000000108. The van der Waals surface area contributed by atoms with Crippen LogP contribution in [0.25, 0.3) is 229 Å². The summed E-state index contributed by atoms with van der Waals surface area (Å²) in [6.07, 6.45) is 0. The first-order valence-corrected chi connectivity index (χ1v) is 41.6. The van der Waals surface area contributed by atoms with E-state index in [-0.39, 0.29) is 0 Å². The molecule has 0 amide bonds. The van der Waals surface area contributed by atoms with E-state index in [1.165, 1.54) is 229 Å². The first-order chi connectivity index (χ1) is 59.6. The van der Waals surface area contributed by atoms with Gasteiger partial charge >= 0.3 is 0 Å². The molecule has 0 radical (unpaired) electrons. The molecular weight excluding hydrogens is 1440 g/mol. The molecule has 0 bridgehead atoms. The lowest BCUT2D eigenvalue weighted by Crippen LogP contribution is -1.94. The minimum Gasteiger partial charge on any atom is -0.0622 e. The van der Waals surface area contributed by atoms with Crippen molar-refractivity contribution in [3.05, 3.63) is 473 Å². The molecule has 0 unspecified atom stereocenters. The maximum Gasteiger partial charge on any atom is -0.00139 e. The van der Waals surface area contributed by atoms with Crippen molar-refractivity contribution in [2.24, 2.45) is 0 Å². The van der Waals surface area contributed by atoms with E-state index in [0.29, 0.717) is 0 Å². The van der Waals surface area contributed by atoms with Gasteiger partial charge in [-0.1, -0.05) is 461 Å². The van der Waals surface area contributed by atoms with Crippen LogP contribution in [0.3, 0.4) is 0 Å². The van der Waals surface area contributed by atoms with E-state index < -0.39 is 0 Å². The summed E-state index contributed by atoms with van der Waals surface area (Å²) in [5, 5.41) is 30.6. The normalized spacial score (nSPS) is 11.5. The SMILES string of the molecule is c1ccc(-c2ccc3c(-c4c5ccccc5c(-c5cccc6ccccc56)c5ccccc45)cccc3c2)cc1.c1ccc(-c2ccc3cccc(-c4c5ccccc5c(-c5cccc6ccccc56)c5ccccc45)c3c2)cc1.c1ccc(-c2ccc3ccccc3c2-c2c3ccccc3c(-c3cccc4ccccc34)c3ccccc23)cc1. The molecule has 120 heavy (non-hydrogen) atoms. The Morgan fingerprint density at radius 3 is 0.658 bits per heavy atom. The molecule has 0 nitrogen and oxygen atoms in total. The molecule has 0 N–H and O–H groups in total. The zero-order chi connectivity index (χ0) is 79.4. The van der Waals surface area contributed by atoms with Gasteiger partial charge in [-0.05, 0) is 242 Å².